The molecule has 0 radical (unpaired) electrons. The van der Waals surface area contributed by atoms with Gasteiger partial charge in [-0.05, 0) is 61.1 Å². The van der Waals surface area contributed by atoms with E-state index in [0.717, 1.165) is 29.9 Å². The highest BCUT2D eigenvalue weighted by atomic mass is 19.1. The molecule has 1 fully saturated rings. The largest absolute Gasteiger partial charge is 0.207 e. The summed E-state index contributed by atoms with van der Waals surface area (Å²) in [5, 5.41) is 0. The molecule has 106 valence electrons. The van der Waals surface area contributed by atoms with Gasteiger partial charge in [-0.1, -0.05) is 45.2 Å². The lowest BCUT2D eigenvalue weighted by Crippen LogP contribution is -2.14. The van der Waals surface area contributed by atoms with Crippen LogP contribution in [0.5, 0.6) is 0 Å². The van der Waals surface area contributed by atoms with E-state index >= 15 is 0 Å². The van der Waals surface area contributed by atoms with Crippen molar-refractivity contribution in [2.75, 3.05) is 0 Å². The summed E-state index contributed by atoms with van der Waals surface area (Å²) in [5.41, 5.74) is 2.11. The maximum Gasteiger partial charge on any atom is 0.126 e. The van der Waals surface area contributed by atoms with Gasteiger partial charge in [-0.3, -0.25) is 0 Å². The van der Waals surface area contributed by atoms with E-state index in [9.17, 15) is 4.39 Å². The predicted molar refractivity (Wildman–Crippen MR) is 80.0 cm³/mol. The molecular weight excluding hydrogens is 235 g/mol. The van der Waals surface area contributed by atoms with Gasteiger partial charge in [-0.2, -0.15) is 0 Å². The summed E-state index contributed by atoms with van der Waals surface area (Å²) in [7, 11) is 0. The SMILES string of the molecule is CCCc1ccc(C2CCC(CCC)CC2)c(F)c1. The Hall–Kier alpha value is -0.850. The molecule has 0 aliphatic heterocycles. The average Bonchev–Trinajstić information content (AvgIpc) is 2.41. The van der Waals surface area contributed by atoms with Gasteiger partial charge in [-0.15, -0.1) is 0 Å². The third-order valence-corrected chi connectivity index (χ3v) is 4.59. The highest BCUT2D eigenvalue weighted by Gasteiger charge is 2.23. The van der Waals surface area contributed by atoms with Crippen molar-refractivity contribution in [1.29, 1.82) is 0 Å². The molecule has 1 aromatic carbocycles. The standard InChI is InChI=1S/C18H27F/c1-3-5-14-7-10-16(11-8-14)17-12-9-15(6-4-2)13-18(17)19/h9,12-14,16H,3-8,10-11H2,1-2H3. The average molecular weight is 262 g/mol. The first-order valence-electron chi connectivity index (χ1n) is 8.02. The Morgan fingerprint density at radius 2 is 1.79 bits per heavy atom. The second kappa shape index (κ2) is 7.07. The summed E-state index contributed by atoms with van der Waals surface area (Å²) in [6, 6.07) is 5.93. The van der Waals surface area contributed by atoms with Crippen molar-refractivity contribution in [3.8, 4) is 0 Å². The number of benzene rings is 1. The highest BCUT2D eigenvalue weighted by molar-refractivity contribution is 5.27. The van der Waals surface area contributed by atoms with Crippen LogP contribution < -0.4 is 0 Å². The Labute approximate surface area is 117 Å². The summed E-state index contributed by atoms with van der Waals surface area (Å²) < 4.78 is 14.2. The van der Waals surface area contributed by atoms with Crippen molar-refractivity contribution < 1.29 is 4.39 Å². The van der Waals surface area contributed by atoms with Crippen molar-refractivity contribution in [3.05, 3.63) is 35.1 Å². The zero-order valence-electron chi connectivity index (χ0n) is 12.4. The first-order chi connectivity index (χ1) is 9.24. The molecule has 0 N–H and O–H groups in total. The lowest BCUT2D eigenvalue weighted by atomic mass is 9.77. The number of halogens is 1. The number of aryl methyl sites for hydroxylation is 1. The molecule has 0 unspecified atom stereocenters. The molecule has 0 atom stereocenters. The lowest BCUT2D eigenvalue weighted by molar-refractivity contribution is 0.304. The van der Waals surface area contributed by atoms with E-state index in [1.807, 2.05) is 6.07 Å². The second-order valence-electron chi connectivity index (χ2n) is 6.11. The van der Waals surface area contributed by atoms with Crippen molar-refractivity contribution >= 4 is 0 Å². The van der Waals surface area contributed by atoms with E-state index in [2.05, 4.69) is 19.9 Å². The summed E-state index contributed by atoms with van der Waals surface area (Å²) >= 11 is 0. The van der Waals surface area contributed by atoms with Crippen LogP contribution >= 0.6 is 0 Å². The van der Waals surface area contributed by atoms with Crippen LogP contribution in [0.15, 0.2) is 18.2 Å². The zero-order valence-corrected chi connectivity index (χ0v) is 12.4. The van der Waals surface area contributed by atoms with Gasteiger partial charge in [0.1, 0.15) is 5.82 Å². The monoisotopic (exact) mass is 262 g/mol. The van der Waals surface area contributed by atoms with Crippen molar-refractivity contribution in [2.24, 2.45) is 5.92 Å². The molecule has 1 aromatic rings. The Balaban J connectivity index is 1.99. The van der Waals surface area contributed by atoms with Crippen LogP contribution in [0.25, 0.3) is 0 Å². The fraction of sp³-hybridized carbons (Fsp3) is 0.667. The molecule has 1 aliphatic carbocycles. The summed E-state index contributed by atoms with van der Waals surface area (Å²) in [6.07, 6.45) is 9.63. The maximum atomic E-state index is 14.2. The molecule has 0 saturated heterocycles. The molecule has 1 heteroatoms. The Morgan fingerprint density at radius 1 is 1.05 bits per heavy atom. The van der Waals surface area contributed by atoms with Crippen molar-refractivity contribution in [3.63, 3.8) is 0 Å². The molecule has 1 saturated carbocycles. The van der Waals surface area contributed by atoms with Crippen LogP contribution in [0.3, 0.4) is 0 Å². The van der Waals surface area contributed by atoms with Crippen LogP contribution in [0.4, 0.5) is 4.39 Å². The van der Waals surface area contributed by atoms with Gasteiger partial charge in [-0.25, -0.2) is 4.39 Å². The topological polar surface area (TPSA) is 0 Å². The van der Waals surface area contributed by atoms with E-state index in [0.29, 0.717) is 5.92 Å². The molecule has 0 bridgehead atoms. The smallest absolute Gasteiger partial charge is 0.126 e. The third kappa shape index (κ3) is 3.81. The molecule has 0 aromatic heterocycles. The molecule has 0 nitrogen and oxygen atoms in total. The van der Waals surface area contributed by atoms with E-state index in [1.165, 1.54) is 38.5 Å². The molecule has 0 heterocycles. The van der Waals surface area contributed by atoms with Gasteiger partial charge >= 0.3 is 0 Å². The summed E-state index contributed by atoms with van der Waals surface area (Å²) in [6.45, 7) is 4.40. The fourth-order valence-corrected chi connectivity index (χ4v) is 3.52. The van der Waals surface area contributed by atoms with Gasteiger partial charge < -0.3 is 0 Å². The first-order valence-corrected chi connectivity index (χ1v) is 8.02. The minimum Gasteiger partial charge on any atom is -0.207 e. The predicted octanol–water partition coefficient (Wildman–Crippen LogP) is 5.85. The number of rotatable bonds is 5. The van der Waals surface area contributed by atoms with Gasteiger partial charge in [0, 0.05) is 0 Å². The third-order valence-electron chi connectivity index (χ3n) is 4.59. The van der Waals surface area contributed by atoms with Crippen molar-refractivity contribution in [1.82, 2.24) is 0 Å². The minimum absolute atomic E-state index is 0.0323. The fourth-order valence-electron chi connectivity index (χ4n) is 3.52. The van der Waals surface area contributed by atoms with Crippen LogP contribution in [-0.2, 0) is 6.42 Å². The van der Waals surface area contributed by atoms with Crippen LogP contribution in [0, 0.1) is 11.7 Å². The van der Waals surface area contributed by atoms with Gasteiger partial charge in [0.15, 0.2) is 0 Å². The summed E-state index contributed by atoms with van der Waals surface area (Å²) in [5.74, 6) is 1.39. The van der Waals surface area contributed by atoms with Gasteiger partial charge in [0.25, 0.3) is 0 Å². The van der Waals surface area contributed by atoms with E-state index in [-0.39, 0.29) is 5.82 Å². The molecule has 19 heavy (non-hydrogen) atoms. The molecule has 1 aliphatic rings. The molecular formula is C18H27F. The Bertz CT molecular complexity index is 389. The Kier molecular flexibility index (Phi) is 5.42. The van der Waals surface area contributed by atoms with E-state index in [4.69, 9.17) is 0 Å². The van der Waals surface area contributed by atoms with Crippen LogP contribution in [0.2, 0.25) is 0 Å². The molecule has 0 amide bonds. The quantitative estimate of drug-likeness (QED) is 0.624. The zero-order chi connectivity index (χ0) is 13.7. The van der Waals surface area contributed by atoms with Crippen LogP contribution in [0.1, 0.15) is 75.8 Å². The van der Waals surface area contributed by atoms with Crippen molar-refractivity contribution in [2.45, 2.75) is 71.1 Å². The van der Waals surface area contributed by atoms with Crippen LogP contribution in [-0.4, -0.2) is 0 Å². The second-order valence-corrected chi connectivity index (χ2v) is 6.11. The van der Waals surface area contributed by atoms with Gasteiger partial charge in [0.05, 0.1) is 0 Å². The molecule has 0 spiro atoms. The number of hydrogen-bond donors (Lipinski definition) is 0. The summed E-state index contributed by atoms with van der Waals surface area (Å²) in [4.78, 5) is 0. The molecule has 2 rings (SSSR count). The Morgan fingerprint density at radius 3 is 2.37 bits per heavy atom. The lowest BCUT2D eigenvalue weighted by Gasteiger charge is -2.29. The first kappa shape index (κ1) is 14.6. The normalized spacial score (nSPS) is 23.5. The van der Waals surface area contributed by atoms with E-state index in [1.54, 1.807) is 6.07 Å². The maximum absolute atomic E-state index is 14.2. The van der Waals surface area contributed by atoms with E-state index < -0.39 is 0 Å². The van der Waals surface area contributed by atoms with Gasteiger partial charge in [0.2, 0.25) is 0 Å². The number of hydrogen-bond acceptors (Lipinski definition) is 0. The highest BCUT2D eigenvalue weighted by Crippen LogP contribution is 2.38. The minimum atomic E-state index is 0.0323.